The molecule has 5 rings (SSSR count). The zero-order chi connectivity index (χ0) is 20.1. The smallest absolute Gasteiger partial charge is 0.306 e. The minimum absolute atomic E-state index is 0.181. The average molecular weight is 412 g/mol. The van der Waals surface area contributed by atoms with Gasteiger partial charge in [-0.25, -0.2) is 0 Å². The van der Waals surface area contributed by atoms with E-state index in [0.29, 0.717) is 17.7 Å². The van der Waals surface area contributed by atoms with Crippen molar-refractivity contribution in [3.8, 4) is 5.75 Å². The molecule has 3 atom stereocenters. The summed E-state index contributed by atoms with van der Waals surface area (Å²) in [6, 6.07) is 17.4. The number of nitrogens with zero attached hydrogens (tertiary/aromatic N) is 1. The van der Waals surface area contributed by atoms with Crippen molar-refractivity contribution in [2.45, 2.75) is 56.5 Å². The van der Waals surface area contributed by atoms with Gasteiger partial charge in [-0.3, -0.25) is 4.90 Å². The summed E-state index contributed by atoms with van der Waals surface area (Å²) in [5.41, 5.74) is 4.31. The monoisotopic (exact) mass is 411 g/mol. The number of rotatable bonds is 4. The molecular weight excluding hydrogens is 382 g/mol. The number of fused-ring (bicyclic) bond motifs is 1. The lowest BCUT2D eigenvalue weighted by Gasteiger charge is -2.59. The van der Waals surface area contributed by atoms with Gasteiger partial charge in [0, 0.05) is 18.0 Å². The van der Waals surface area contributed by atoms with E-state index in [1.54, 1.807) is 0 Å². The first-order valence-electron chi connectivity index (χ1n) is 10.8. The summed E-state index contributed by atoms with van der Waals surface area (Å²) in [6.45, 7) is 2.12. The largest absolute Gasteiger partial charge is 0.383 e. The molecule has 2 aromatic carbocycles. The third-order valence-electron chi connectivity index (χ3n) is 7.40. The van der Waals surface area contributed by atoms with Crippen molar-refractivity contribution in [1.82, 2.24) is 4.90 Å². The Morgan fingerprint density at radius 1 is 1.10 bits per heavy atom. The Kier molecular flexibility index (Phi) is 4.71. The Morgan fingerprint density at radius 3 is 2.72 bits per heavy atom. The van der Waals surface area contributed by atoms with E-state index in [-0.39, 0.29) is 5.41 Å². The van der Waals surface area contributed by atoms with E-state index in [9.17, 15) is 8.42 Å². The van der Waals surface area contributed by atoms with Crippen molar-refractivity contribution >= 4 is 10.1 Å². The number of benzene rings is 2. The standard InChI is InChI=1S/C24H29NO3S/c1-29(26,27)28-20-11-10-19-15-23-21-9-5-6-12-24(21,22(19)16-20)13-14-25(23)17-18-7-3-2-4-8-18/h2-4,7-8,10-11,16,21,23H,5-6,9,12-15,17H2,1H3. The lowest BCUT2D eigenvalue weighted by Crippen LogP contribution is -2.60. The van der Waals surface area contributed by atoms with E-state index in [0.717, 1.165) is 32.2 Å². The highest BCUT2D eigenvalue weighted by atomic mass is 32.2. The highest BCUT2D eigenvalue weighted by Gasteiger charge is 2.53. The second-order valence-electron chi connectivity index (χ2n) is 9.09. The second-order valence-corrected chi connectivity index (χ2v) is 10.7. The number of hydrogen-bond donors (Lipinski definition) is 0. The molecule has 154 valence electrons. The Morgan fingerprint density at radius 2 is 1.93 bits per heavy atom. The van der Waals surface area contributed by atoms with Gasteiger partial charge in [0.1, 0.15) is 5.75 Å². The van der Waals surface area contributed by atoms with Gasteiger partial charge < -0.3 is 4.18 Å². The SMILES string of the molecule is CS(=O)(=O)Oc1ccc2c(c1)C13CCCCC1C(C2)N(Cc1ccccc1)CC3. The van der Waals surface area contributed by atoms with Crippen molar-refractivity contribution in [1.29, 1.82) is 0 Å². The van der Waals surface area contributed by atoms with Crippen molar-refractivity contribution in [3.05, 3.63) is 65.2 Å². The fraction of sp³-hybridized carbons (Fsp3) is 0.500. The van der Waals surface area contributed by atoms with Crippen LogP contribution in [0.1, 0.15) is 48.8 Å². The summed E-state index contributed by atoms with van der Waals surface area (Å²) in [5, 5.41) is 0. The first kappa shape index (κ1) is 19.1. The van der Waals surface area contributed by atoms with Crippen LogP contribution in [0.5, 0.6) is 5.75 Å². The van der Waals surface area contributed by atoms with Gasteiger partial charge in [0.15, 0.2) is 0 Å². The number of likely N-dealkylation sites (tertiary alicyclic amines) is 1. The number of hydrogen-bond acceptors (Lipinski definition) is 4. The molecule has 5 heteroatoms. The lowest BCUT2D eigenvalue weighted by atomic mass is 9.52. The molecule has 1 aliphatic heterocycles. The summed E-state index contributed by atoms with van der Waals surface area (Å²) in [4.78, 5) is 2.70. The van der Waals surface area contributed by atoms with E-state index in [2.05, 4.69) is 41.3 Å². The zero-order valence-electron chi connectivity index (χ0n) is 17.0. The van der Waals surface area contributed by atoms with Crippen LogP contribution >= 0.6 is 0 Å². The normalized spacial score (nSPS) is 29.0. The van der Waals surface area contributed by atoms with E-state index in [1.807, 2.05) is 12.1 Å². The lowest BCUT2D eigenvalue weighted by molar-refractivity contribution is -0.0157. The van der Waals surface area contributed by atoms with Crippen LogP contribution in [-0.2, 0) is 28.5 Å². The van der Waals surface area contributed by atoms with Gasteiger partial charge in [-0.05, 0) is 67.0 Å². The van der Waals surface area contributed by atoms with Crippen molar-refractivity contribution in [2.75, 3.05) is 12.8 Å². The minimum Gasteiger partial charge on any atom is -0.383 e. The molecule has 1 heterocycles. The fourth-order valence-corrected chi connectivity index (χ4v) is 6.76. The molecule has 0 aromatic heterocycles. The molecule has 1 saturated heterocycles. The van der Waals surface area contributed by atoms with Crippen LogP contribution in [0.25, 0.3) is 0 Å². The third kappa shape index (κ3) is 3.49. The molecule has 3 aliphatic rings. The first-order valence-corrected chi connectivity index (χ1v) is 12.6. The van der Waals surface area contributed by atoms with E-state index in [4.69, 9.17) is 4.18 Å². The van der Waals surface area contributed by atoms with Crippen LogP contribution in [0.3, 0.4) is 0 Å². The van der Waals surface area contributed by atoms with Gasteiger partial charge in [0.2, 0.25) is 0 Å². The molecule has 0 spiro atoms. The van der Waals surface area contributed by atoms with Crippen LogP contribution in [0.2, 0.25) is 0 Å². The fourth-order valence-electron chi connectivity index (χ4n) is 6.30. The Balaban J connectivity index is 1.52. The molecule has 1 saturated carbocycles. The van der Waals surface area contributed by atoms with E-state index < -0.39 is 10.1 Å². The van der Waals surface area contributed by atoms with E-state index in [1.165, 1.54) is 42.4 Å². The van der Waals surface area contributed by atoms with Gasteiger partial charge in [-0.2, -0.15) is 8.42 Å². The molecule has 0 amide bonds. The Labute approximate surface area is 174 Å². The van der Waals surface area contributed by atoms with Gasteiger partial charge in [0.25, 0.3) is 0 Å². The summed E-state index contributed by atoms with van der Waals surface area (Å²) >= 11 is 0. The molecule has 0 radical (unpaired) electrons. The quantitative estimate of drug-likeness (QED) is 0.705. The molecule has 3 unspecified atom stereocenters. The molecule has 2 bridgehead atoms. The minimum atomic E-state index is -3.51. The second kappa shape index (κ2) is 7.13. The van der Waals surface area contributed by atoms with Gasteiger partial charge in [0.05, 0.1) is 6.26 Å². The van der Waals surface area contributed by atoms with Crippen LogP contribution in [0, 0.1) is 5.92 Å². The summed E-state index contributed by atoms with van der Waals surface area (Å²) in [6.07, 6.45) is 8.36. The Hall–Kier alpha value is -1.85. The molecule has 2 fully saturated rings. The van der Waals surface area contributed by atoms with Gasteiger partial charge in [-0.15, -0.1) is 0 Å². The van der Waals surface area contributed by atoms with Gasteiger partial charge >= 0.3 is 10.1 Å². The summed E-state index contributed by atoms with van der Waals surface area (Å²) in [7, 11) is -3.51. The highest BCUT2D eigenvalue weighted by Crippen LogP contribution is 2.56. The average Bonchev–Trinajstić information content (AvgIpc) is 2.70. The van der Waals surface area contributed by atoms with Crippen molar-refractivity contribution in [2.24, 2.45) is 5.92 Å². The van der Waals surface area contributed by atoms with Crippen LogP contribution in [0.4, 0.5) is 0 Å². The number of piperidine rings is 1. The van der Waals surface area contributed by atoms with Crippen molar-refractivity contribution < 1.29 is 12.6 Å². The summed E-state index contributed by atoms with van der Waals surface area (Å²) in [5.74, 6) is 1.12. The predicted octanol–water partition coefficient (Wildman–Crippen LogP) is 4.28. The molecule has 2 aliphatic carbocycles. The zero-order valence-corrected chi connectivity index (χ0v) is 17.8. The first-order chi connectivity index (χ1) is 13.9. The van der Waals surface area contributed by atoms with Crippen molar-refractivity contribution in [3.63, 3.8) is 0 Å². The van der Waals surface area contributed by atoms with Crippen LogP contribution in [0.15, 0.2) is 48.5 Å². The van der Waals surface area contributed by atoms with Crippen LogP contribution < -0.4 is 4.18 Å². The molecule has 29 heavy (non-hydrogen) atoms. The summed E-state index contributed by atoms with van der Waals surface area (Å²) < 4.78 is 28.5. The highest BCUT2D eigenvalue weighted by molar-refractivity contribution is 7.86. The van der Waals surface area contributed by atoms with Crippen LogP contribution in [-0.4, -0.2) is 32.2 Å². The molecule has 2 aromatic rings. The molecular formula is C24H29NO3S. The maximum absolute atomic E-state index is 11.7. The maximum atomic E-state index is 11.7. The predicted molar refractivity (Wildman–Crippen MR) is 115 cm³/mol. The molecule has 0 N–H and O–H groups in total. The van der Waals surface area contributed by atoms with E-state index >= 15 is 0 Å². The molecule has 4 nitrogen and oxygen atoms in total. The third-order valence-corrected chi connectivity index (χ3v) is 7.89. The topological polar surface area (TPSA) is 46.6 Å². The Bertz CT molecular complexity index is 1000. The van der Waals surface area contributed by atoms with Gasteiger partial charge in [-0.1, -0.05) is 49.2 Å². The maximum Gasteiger partial charge on any atom is 0.306 e.